The molecule has 1 heterocycles. The summed E-state index contributed by atoms with van der Waals surface area (Å²) in [6.45, 7) is 2.08. The zero-order valence-corrected chi connectivity index (χ0v) is 12.4. The molecule has 1 N–H and O–H groups in total. The van der Waals surface area contributed by atoms with Crippen LogP contribution in [0, 0.1) is 12.7 Å². The second-order valence-electron chi connectivity index (χ2n) is 4.24. The van der Waals surface area contributed by atoms with E-state index in [1.807, 2.05) is 13.0 Å². The largest absolute Gasteiger partial charge is 0.462 e. The Balaban J connectivity index is 1.92. The van der Waals surface area contributed by atoms with Crippen LogP contribution < -0.4 is 5.32 Å². The maximum Gasteiger partial charge on any atom is 0.244 e. The van der Waals surface area contributed by atoms with Gasteiger partial charge in [-0.05, 0) is 48.9 Å². The summed E-state index contributed by atoms with van der Waals surface area (Å²) in [4.78, 5) is 11.6. The molecule has 1 aromatic carbocycles. The number of benzene rings is 1. The van der Waals surface area contributed by atoms with Crippen molar-refractivity contribution in [3.8, 4) is 0 Å². The lowest BCUT2D eigenvalue weighted by Gasteiger charge is -2.05. The minimum atomic E-state index is -0.334. The highest BCUT2D eigenvalue weighted by Gasteiger charge is 2.03. The first-order valence-corrected chi connectivity index (χ1v) is 6.80. The monoisotopic (exact) mass is 337 g/mol. The van der Waals surface area contributed by atoms with Crippen molar-refractivity contribution in [2.24, 2.45) is 0 Å². The van der Waals surface area contributed by atoms with Crippen LogP contribution >= 0.6 is 15.9 Å². The molecule has 2 aromatic rings. The average Bonchev–Trinajstić information content (AvgIpc) is 2.83. The van der Waals surface area contributed by atoms with Crippen LogP contribution in [0.2, 0.25) is 0 Å². The Morgan fingerprint density at radius 1 is 1.40 bits per heavy atom. The molecule has 20 heavy (non-hydrogen) atoms. The highest BCUT2D eigenvalue weighted by atomic mass is 79.9. The summed E-state index contributed by atoms with van der Waals surface area (Å²) in [6.07, 6.45) is 2.97. The van der Waals surface area contributed by atoms with Gasteiger partial charge in [0.15, 0.2) is 0 Å². The standard InChI is InChI=1S/C15H13BrFNO2/c1-10-2-4-13(20-10)5-7-15(19)18-9-11-8-12(17)3-6-14(11)16/h2-8H,9H2,1H3,(H,18,19). The van der Waals surface area contributed by atoms with Crippen molar-refractivity contribution in [3.05, 3.63) is 63.8 Å². The predicted octanol–water partition coefficient (Wildman–Crippen LogP) is 3.82. The van der Waals surface area contributed by atoms with Gasteiger partial charge in [0.25, 0.3) is 0 Å². The number of furan rings is 1. The summed E-state index contributed by atoms with van der Waals surface area (Å²) in [5.41, 5.74) is 0.681. The quantitative estimate of drug-likeness (QED) is 0.861. The van der Waals surface area contributed by atoms with E-state index in [1.54, 1.807) is 18.2 Å². The second kappa shape index (κ2) is 6.52. The average molecular weight is 338 g/mol. The third-order valence-corrected chi connectivity index (χ3v) is 3.39. The van der Waals surface area contributed by atoms with E-state index in [1.165, 1.54) is 18.2 Å². The molecule has 104 valence electrons. The van der Waals surface area contributed by atoms with Gasteiger partial charge in [-0.3, -0.25) is 4.79 Å². The summed E-state index contributed by atoms with van der Waals surface area (Å²) in [7, 11) is 0. The molecule has 0 radical (unpaired) electrons. The SMILES string of the molecule is Cc1ccc(C=CC(=O)NCc2cc(F)ccc2Br)o1. The molecule has 0 unspecified atom stereocenters. The Kier molecular flexibility index (Phi) is 4.74. The topological polar surface area (TPSA) is 42.2 Å². The smallest absolute Gasteiger partial charge is 0.244 e. The van der Waals surface area contributed by atoms with Crippen molar-refractivity contribution < 1.29 is 13.6 Å². The highest BCUT2D eigenvalue weighted by Crippen LogP contribution is 2.17. The second-order valence-corrected chi connectivity index (χ2v) is 5.09. The van der Waals surface area contributed by atoms with Crippen LogP contribution in [0.3, 0.4) is 0 Å². The number of hydrogen-bond acceptors (Lipinski definition) is 2. The van der Waals surface area contributed by atoms with Crippen LogP contribution in [0.25, 0.3) is 6.08 Å². The van der Waals surface area contributed by atoms with Crippen molar-refractivity contribution in [1.82, 2.24) is 5.32 Å². The maximum absolute atomic E-state index is 13.1. The molecule has 0 fully saturated rings. The van der Waals surface area contributed by atoms with Crippen LogP contribution in [-0.2, 0) is 11.3 Å². The third-order valence-electron chi connectivity index (χ3n) is 2.62. The molecule has 1 amide bonds. The predicted molar refractivity (Wildman–Crippen MR) is 78.4 cm³/mol. The Bertz CT molecular complexity index is 649. The van der Waals surface area contributed by atoms with Gasteiger partial charge in [-0.25, -0.2) is 4.39 Å². The van der Waals surface area contributed by atoms with E-state index in [-0.39, 0.29) is 18.3 Å². The van der Waals surface area contributed by atoms with Gasteiger partial charge in [-0.15, -0.1) is 0 Å². The molecule has 2 rings (SSSR count). The van der Waals surface area contributed by atoms with Crippen LogP contribution in [0.1, 0.15) is 17.1 Å². The Labute approximate surface area is 124 Å². The molecule has 1 aromatic heterocycles. The lowest BCUT2D eigenvalue weighted by molar-refractivity contribution is -0.116. The minimum absolute atomic E-state index is 0.249. The molecule has 0 aliphatic heterocycles. The molecule has 0 aliphatic carbocycles. The van der Waals surface area contributed by atoms with E-state index in [0.29, 0.717) is 11.3 Å². The minimum Gasteiger partial charge on any atom is -0.462 e. The normalized spacial score (nSPS) is 10.9. The first-order valence-electron chi connectivity index (χ1n) is 6.01. The van der Waals surface area contributed by atoms with Gasteiger partial charge >= 0.3 is 0 Å². The summed E-state index contributed by atoms with van der Waals surface area (Å²) >= 11 is 3.31. The Hall–Kier alpha value is -1.88. The van der Waals surface area contributed by atoms with E-state index in [4.69, 9.17) is 4.42 Å². The molecule has 0 saturated carbocycles. The van der Waals surface area contributed by atoms with Gasteiger partial charge < -0.3 is 9.73 Å². The molecule has 0 spiro atoms. The number of carbonyl (C=O) groups excluding carboxylic acids is 1. The van der Waals surface area contributed by atoms with Crippen LogP contribution in [0.15, 0.2) is 45.3 Å². The van der Waals surface area contributed by atoms with Crippen LogP contribution in [0.4, 0.5) is 4.39 Å². The fourth-order valence-corrected chi connectivity index (χ4v) is 2.01. The fourth-order valence-electron chi connectivity index (χ4n) is 1.62. The van der Waals surface area contributed by atoms with Gasteiger partial charge in [-0.1, -0.05) is 15.9 Å². The van der Waals surface area contributed by atoms with E-state index >= 15 is 0 Å². The van der Waals surface area contributed by atoms with Gasteiger partial charge in [0.1, 0.15) is 17.3 Å². The van der Waals surface area contributed by atoms with Crippen molar-refractivity contribution >= 4 is 27.9 Å². The number of hydrogen-bond donors (Lipinski definition) is 1. The third kappa shape index (κ3) is 4.06. The molecule has 0 aliphatic rings. The lowest BCUT2D eigenvalue weighted by Crippen LogP contribution is -2.20. The number of carbonyl (C=O) groups is 1. The maximum atomic E-state index is 13.1. The number of nitrogens with one attached hydrogen (secondary N) is 1. The van der Waals surface area contributed by atoms with Crippen molar-refractivity contribution in [2.75, 3.05) is 0 Å². The summed E-state index contributed by atoms with van der Waals surface area (Å²) < 4.78 is 19.1. The molecule has 5 heteroatoms. The van der Waals surface area contributed by atoms with E-state index < -0.39 is 0 Å². The summed E-state index contributed by atoms with van der Waals surface area (Å²) in [5, 5.41) is 2.68. The van der Waals surface area contributed by atoms with Gasteiger partial charge in [-0.2, -0.15) is 0 Å². The van der Waals surface area contributed by atoms with Crippen LogP contribution in [-0.4, -0.2) is 5.91 Å². The fraction of sp³-hybridized carbons (Fsp3) is 0.133. The Morgan fingerprint density at radius 2 is 2.20 bits per heavy atom. The lowest BCUT2D eigenvalue weighted by atomic mass is 10.2. The van der Waals surface area contributed by atoms with Gasteiger partial charge in [0, 0.05) is 17.1 Å². The zero-order chi connectivity index (χ0) is 14.5. The number of aryl methyl sites for hydroxylation is 1. The van der Waals surface area contributed by atoms with Crippen molar-refractivity contribution in [3.63, 3.8) is 0 Å². The Morgan fingerprint density at radius 3 is 2.90 bits per heavy atom. The summed E-state index contributed by atoms with van der Waals surface area (Å²) in [5.74, 6) is 0.799. The van der Waals surface area contributed by atoms with Crippen molar-refractivity contribution in [1.29, 1.82) is 0 Å². The number of halogens is 2. The summed E-state index contributed by atoms with van der Waals surface area (Å²) in [6, 6.07) is 7.94. The van der Waals surface area contributed by atoms with Crippen molar-refractivity contribution in [2.45, 2.75) is 13.5 Å². The molecule has 0 atom stereocenters. The highest BCUT2D eigenvalue weighted by molar-refractivity contribution is 9.10. The van der Waals surface area contributed by atoms with Gasteiger partial charge in [0.2, 0.25) is 5.91 Å². The number of amides is 1. The first kappa shape index (κ1) is 14.5. The van der Waals surface area contributed by atoms with E-state index in [0.717, 1.165) is 10.2 Å². The number of rotatable bonds is 4. The molecular formula is C15H13BrFNO2. The molecule has 0 bridgehead atoms. The molecule has 3 nitrogen and oxygen atoms in total. The molecule has 0 saturated heterocycles. The first-order chi connectivity index (χ1) is 9.54. The van der Waals surface area contributed by atoms with Crippen LogP contribution in [0.5, 0.6) is 0 Å². The van der Waals surface area contributed by atoms with E-state index in [9.17, 15) is 9.18 Å². The molecular weight excluding hydrogens is 325 g/mol. The van der Waals surface area contributed by atoms with Gasteiger partial charge in [0.05, 0.1) is 0 Å². The zero-order valence-electron chi connectivity index (χ0n) is 10.8. The van der Waals surface area contributed by atoms with E-state index in [2.05, 4.69) is 21.2 Å².